The van der Waals surface area contributed by atoms with E-state index in [2.05, 4.69) is 5.32 Å². The lowest BCUT2D eigenvalue weighted by Gasteiger charge is -2.12. The fraction of sp³-hybridized carbons (Fsp3) is 0.250. The summed E-state index contributed by atoms with van der Waals surface area (Å²) in [5.74, 6) is 0.676. The zero-order valence-corrected chi connectivity index (χ0v) is 9.38. The van der Waals surface area contributed by atoms with Crippen LogP contribution in [0.1, 0.15) is 22.4 Å². The number of carbonyl (C=O) groups is 1. The Hall–Kier alpha value is -2.01. The summed E-state index contributed by atoms with van der Waals surface area (Å²) in [6.45, 7) is 0.323. The predicted octanol–water partition coefficient (Wildman–Crippen LogP) is 1.99. The maximum absolute atomic E-state index is 11.6. The minimum absolute atomic E-state index is 0.274. The standard InChI is InChI=1S/C12H13NO4/c1-15-11(9-4-2-6-16-9)8-13-12(14)10-5-3-7-17-10/h2-7,11H,8H2,1H3,(H,13,14). The lowest BCUT2D eigenvalue weighted by molar-refractivity contribution is 0.0724. The number of amides is 1. The minimum Gasteiger partial charge on any atom is -0.467 e. The third kappa shape index (κ3) is 2.76. The van der Waals surface area contributed by atoms with E-state index in [1.165, 1.54) is 6.26 Å². The van der Waals surface area contributed by atoms with Gasteiger partial charge in [0.05, 0.1) is 19.1 Å². The van der Waals surface area contributed by atoms with Crippen LogP contribution in [0, 0.1) is 0 Å². The number of rotatable bonds is 5. The molecule has 1 amide bonds. The first-order valence-corrected chi connectivity index (χ1v) is 5.19. The van der Waals surface area contributed by atoms with Crippen LogP contribution in [0.5, 0.6) is 0 Å². The van der Waals surface area contributed by atoms with Crippen molar-refractivity contribution in [3.63, 3.8) is 0 Å². The Labute approximate surface area is 98.4 Å². The fourth-order valence-corrected chi connectivity index (χ4v) is 1.45. The monoisotopic (exact) mass is 235 g/mol. The van der Waals surface area contributed by atoms with Crippen LogP contribution >= 0.6 is 0 Å². The van der Waals surface area contributed by atoms with Crippen molar-refractivity contribution in [2.75, 3.05) is 13.7 Å². The Balaban J connectivity index is 1.91. The lowest BCUT2D eigenvalue weighted by Crippen LogP contribution is -2.28. The molecule has 0 aliphatic rings. The van der Waals surface area contributed by atoms with Gasteiger partial charge in [0.1, 0.15) is 11.9 Å². The molecule has 0 aliphatic heterocycles. The van der Waals surface area contributed by atoms with E-state index in [1.807, 2.05) is 0 Å². The molecule has 0 spiro atoms. The van der Waals surface area contributed by atoms with Gasteiger partial charge in [0.15, 0.2) is 5.76 Å². The Kier molecular flexibility index (Phi) is 3.62. The molecule has 2 heterocycles. The number of nitrogens with one attached hydrogen (secondary N) is 1. The summed E-state index contributed by atoms with van der Waals surface area (Å²) in [4.78, 5) is 11.6. The summed E-state index contributed by atoms with van der Waals surface area (Å²) < 4.78 is 15.4. The Morgan fingerprint density at radius 2 is 2.12 bits per heavy atom. The average molecular weight is 235 g/mol. The molecular formula is C12H13NO4. The van der Waals surface area contributed by atoms with Gasteiger partial charge in [-0.25, -0.2) is 0 Å². The van der Waals surface area contributed by atoms with Crippen LogP contribution in [0.3, 0.4) is 0 Å². The molecule has 5 heteroatoms. The van der Waals surface area contributed by atoms with Crippen LogP contribution in [0.15, 0.2) is 45.6 Å². The van der Waals surface area contributed by atoms with Gasteiger partial charge >= 0.3 is 0 Å². The van der Waals surface area contributed by atoms with Crippen molar-refractivity contribution in [2.24, 2.45) is 0 Å². The number of ether oxygens (including phenoxy) is 1. The highest BCUT2D eigenvalue weighted by molar-refractivity contribution is 5.91. The van der Waals surface area contributed by atoms with Gasteiger partial charge < -0.3 is 18.9 Å². The molecule has 0 saturated carbocycles. The normalized spacial score (nSPS) is 12.3. The van der Waals surface area contributed by atoms with Crippen molar-refractivity contribution in [3.05, 3.63) is 48.3 Å². The van der Waals surface area contributed by atoms with E-state index >= 15 is 0 Å². The van der Waals surface area contributed by atoms with Crippen molar-refractivity contribution < 1.29 is 18.4 Å². The summed E-state index contributed by atoms with van der Waals surface area (Å²) in [6, 6.07) is 6.84. The quantitative estimate of drug-likeness (QED) is 0.860. The van der Waals surface area contributed by atoms with E-state index < -0.39 is 0 Å². The van der Waals surface area contributed by atoms with Crippen molar-refractivity contribution in [2.45, 2.75) is 6.10 Å². The van der Waals surface area contributed by atoms with Gasteiger partial charge in [-0.15, -0.1) is 0 Å². The lowest BCUT2D eigenvalue weighted by atomic mass is 10.2. The molecule has 0 radical (unpaired) electrons. The summed E-state index contributed by atoms with van der Waals surface area (Å²) in [7, 11) is 1.56. The van der Waals surface area contributed by atoms with Crippen LogP contribution < -0.4 is 5.32 Å². The second-order valence-corrected chi connectivity index (χ2v) is 3.43. The smallest absolute Gasteiger partial charge is 0.287 e. The largest absolute Gasteiger partial charge is 0.467 e. The second kappa shape index (κ2) is 5.36. The van der Waals surface area contributed by atoms with Gasteiger partial charge in [0.25, 0.3) is 5.91 Å². The molecule has 0 aliphatic carbocycles. The molecule has 1 atom stereocenters. The van der Waals surface area contributed by atoms with Gasteiger partial charge in [0.2, 0.25) is 0 Å². The highest BCUT2D eigenvalue weighted by Crippen LogP contribution is 2.15. The Morgan fingerprint density at radius 3 is 2.71 bits per heavy atom. The maximum Gasteiger partial charge on any atom is 0.287 e. The van der Waals surface area contributed by atoms with Crippen LogP contribution in [0.2, 0.25) is 0 Å². The molecule has 1 N–H and O–H groups in total. The molecule has 2 aromatic rings. The highest BCUT2D eigenvalue weighted by Gasteiger charge is 2.16. The minimum atomic E-state index is -0.302. The van der Waals surface area contributed by atoms with E-state index in [1.54, 1.807) is 37.6 Å². The van der Waals surface area contributed by atoms with E-state index in [-0.39, 0.29) is 17.8 Å². The molecule has 17 heavy (non-hydrogen) atoms. The zero-order valence-electron chi connectivity index (χ0n) is 9.38. The Bertz CT molecular complexity index is 447. The number of hydrogen-bond donors (Lipinski definition) is 1. The van der Waals surface area contributed by atoms with Crippen LogP contribution in [-0.4, -0.2) is 19.6 Å². The predicted molar refractivity (Wildman–Crippen MR) is 59.5 cm³/mol. The Morgan fingerprint density at radius 1 is 1.35 bits per heavy atom. The van der Waals surface area contributed by atoms with Crippen molar-refractivity contribution in [1.82, 2.24) is 5.32 Å². The first-order valence-electron chi connectivity index (χ1n) is 5.19. The summed E-state index contributed by atoms with van der Waals surface area (Å²) in [5.41, 5.74) is 0. The number of hydrogen-bond acceptors (Lipinski definition) is 4. The molecule has 1 unspecified atom stereocenters. The van der Waals surface area contributed by atoms with Crippen LogP contribution in [0.4, 0.5) is 0 Å². The molecule has 5 nitrogen and oxygen atoms in total. The van der Waals surface area contributed by atoms with E-state index in [0.29, 0.717) is 12.3 Å². The van der Waals surface area contributed by atoms with E-state index in [0.717, 1.165) is 0 Å². The molecular weight excluding hydrogens is 222 g/mol. The number of furan rings is 2. The fourth-order valence-electron chi connectivity index (χ4n) is 1.45. The molecule has 0 aromatic carbocycles. The first-order chi connectivity index (χ1) is 8.31. The highest BCUT2D eigenvalue weighted by atomic mass is 16.5. The van der Waals surface area contributed by atoms with E-state index in [4.69, 9.17) is 13.6 Å². The molecule has 2 rings (SSSR count). The number of carbonyl (C=O) groups excluding carboxylic acids is 1. The summed E-state index contributed by atoms with van der Waals surface area (Å²) in [5, 5.41) is 2.71. The SMILES string of the molecule is COC(CNC(=O)c1ccco1)c1ccco1. The second-order valence-electron chi connectivity index (χ2n) is 3.43. The molecule has 0 fully saturated rings. The third-order valence-electron chi connectivity index (χ3n) is 2.34. The maximum atomic E-state index is 11.6. The van der Waals surface area contributed by atoms with Crippen molar-refractivity contribution in [1.29, 1.82) is 0 Å². The molecule has 0 saturated heterocycles. The van der Waals surface area contributed by atoms with Gasteiger partial charge in [-0.05, 0) is 24.3 Å². The van der Waals surface area contributed by atoms with Gasteiger partial charge in [-0.1, -0.05) is 0 Å². The van der Waals surface area contributed by atoms with Crippen LogP contribution in [-0.2, 0) is 4.74 Å². The van der Waals surface area contributed by atoms with E-state index in [9.17, 15) is 4.79 Å². The number of methoxy groups -OCH3 is 1. The molecule has 0 bridgehead atoms. The molecule has 90 valence electrons. The topological polar surface area (TPSA) is 64.6 Å². The van der Waals surface area contributed by atoms with Gasteiger partial charge in [-0.3, -0.25) is 4.79 Å². The zero-order chi connectivity index (χ0) is 12.1. The molecule has 2 aromatic heterocycles. The van der Waals surface area contributed by atoms with Crippen molar-refractivity contribution >= 4 is 5.91 Å². The summed E-state index contributed by atoms with van der Waals surface area (Å²) in [6.07, 6.45) is 2.72. The average Bonchev–Trinajstić information content (AvgIpc) is 3.02. The summed E-state index contributed by atoms with van der Waals surface area (Å²) >= 11 is 0. The first kappa shape index (κ1) is 11.5. The third-order valence-corrected chi connectivity index (χ3v) is 2.34. The van der Waals surface area contributed by atoms with Gasteiger partial charge in [-0.2, -0.15) is 0 Å². The van der Waals surface area contributed by atoms with Gasteiger partial charge in [0, 0.05) is 7.11 Å². The van der Waals surface area contributed by atoms with Crippen molar-refractivity contribution in [3.8, 4) is 0 Å². The van der Waals surface area contributed by atoms with Crippen LogP contribution in [0.25, 0.3) is 0 Å².